The van der Waals surface area contributed by atoms with E-state index < -0.39 is 0 Å². The molecule has 0 bridgehead atoms. The van der Waals surface area contributed by atoms with E-state index in [0.29, 0.717) is 22.9 Å². The molecule has 2 amide bonds. The van der Waals surface area contributed by atoms with Gasteiger partial charge >= 0.3 is 0 Å². The SMILES string of the molecule is COc1ccc(C)cc1NC(=O)Cc1ccc2c(c1)N(C)C(=O)CO2. The summed E-state index contributed by atoms with van der Waals surface area (Å²) in [5.41, 5.74) is 3.14. The Morgan fingerprint density at radius 2 is 2.08 bits per heavy atom. The van der Waals surface area contributed by atoms with Gasteiger partial charge in [0.05, 0.1) is 24.9 Å². The maximum absolute atomic E-state index is 12.4. The second kappa shape index (κ2) is 6.84. The standard InChI is InChI=1S/C19H20N2O4/c1-12-4-6-16(24-3)14(8-12)20-18(22)10-13-5-7-17-15(9-13)21(2)19(23)11-25-17/h4-9H,10-11H2,1-3H3,(H,20,22). The summed E-state index contributed by atoms with van der Waals surface area (Å²) in [6, 6.07) is 11.0. The molecule has 0 saturated carbocycles. The van der Waals surface area contributed by atoms with Gasteiger partial charge in [-0.2, -0.15) is 0 Å². The summed E-state index contributed by atoms with van der Waals surface area (Å²) in [5.74, 6) is 0.989. The van der Waals surface area contributed by atoms with Crippen molar-refractivity contribution in [2.24, 2.45) is 0 Å². The quantitative estimate of drug-likeness (QED) is 0.929. The Labute approximate surface area is 146 Å². The Hall–Kier alpha value is -3.02. The molecule has 6 nitrogen and oxygen atoms in total. The number of rotatable bonds is 4. The smallest absolute Gasteiger partial charge is 0.264 e. The van der Waals surface area contributed by atoms with Crippen LogP contribution in [0.1, 0.15) is 11.1 Å². The summed E-state index contributed by atoms with van der Waals surface area (Å²) in [5, 5.41) is 2.88. The van der Waals surface area contributed by atoms with E-state index >= 15 is 0 Å². The number of ether oxygens (including phenoxy) is 2. The van der Waals surface area contributed by atoms with Gasteiger partial charge in [-0.15, -0.1) is 0 Å². The lowest BCUT2D eigenvalue weighted by Gasteiger charge is -2.26. The van der Waals surface area contributed by atoms with Gasteiger partial charge in [0.2, 0.25) is 5.91 Å². The normalized spacial score (nSPS) is 13.1. The van der Waals surface area contributed by atoms with Gasteiger partial charge in [-0.1, -0.05) is 12.1 Å². The molecule has 3 rings (SSSR count). The van der Waals surface area contributed by atoms with Crippen LogP contribution < -0.4 is 19.7 Å². The van der Waals surface area contributed by atoms with E-state index in [-0.39, 0.29) is 24.8 Å². The minimum absolute atomic E-state index is 0.0382. The molecule has 0 fully saturated rings. The number of methoxy groups -OCH3 is 1. The number of hydrogen-bond donors (Lipinski definition) is 1. The number of aryl methyl sites for hydroxylation is 1. The predicted molar refractivity (Wildman–Crippen MR) is 95.4 cm³/mol. The molecule has 0 radical (unpaired) electrons. The largest absolute Gasteiger partial charge is 0.495 e. The van der Waals surface area contributed by atoms with Crippen LogP contribution in [-0.2, 0) is 16.0 Å². The van der Waals surface area contributed by atoms with Crippen molar-refractivity contribution < 1.29 is 19.1 Å². The first kappa shape index (κ1) is 16.8. The number of anilines is 2. The van der Waals surface area contributed by atoms with Gasteiger partial charge < -0.3 is 19.7 Å². The highest BCUT2D eigenvalue weighted by atomic mass is 16.5. The Kier molecular flexibility index (Phi) is 4.61. The van der Waals surface area contributed by atoms with Gasteiger partial charge in [0, 0.05) is 7.05 Å². The van der Waals surface area contributed by atoms with Crippen LogP contribution in [0.4, 0.5) is 11.4 Å². The summed E-state index contributed by atoms with van der Waals surface area (Å²) in [4.78, 5) is 25.7. The zero-order valence-electron chi connectivity index (χ0n) is 14.5. The molecule has 0 atom stereocenters. The van der Waals surface area contributed by atoms with Crippen molar-refractivity contribution in [3.63, 3.8) is 0 Å². The van der Waals surface area contributed by atoms with Crippen LogP contribution in [0, 0.1) is 6.92 Å². The number of amides is 2. The lowest BCUT2D eigenvalue weighted by molar-refractivity contribution is -0.121. The number of fused-ring (bicyclic) bond motifs is 1. The fourth-order valence-electron chi connectivity index (χ4n) is 2.73. The summed E-state index contributed by atoms with van der Waals surface area (Å²) in [6.07, 6.45) is 0.187. The number of carbonyl (C=O) groups excluding carboxylic acids is 2. The molecule has 25 heavy (non-hydrogen) atoms. The maximum atomic E-state index is 12.4. The van der Waals surface area contributed by atoms with Crippen molar-refractivity contribution in [3.8, 4) is 11.5 Å². The third-order valence-corrected chi connectivity index (χ3v) is 4.10. The van der Waals surface area contributed by atoms with E-state index in [0.717, 1.165) is 11.1 Å². The van der Waals surface area contributed by atoms with Crippen LogP contribution in [-0.4, -0.2) is 32.6 Å². The molecule has 0 saturated heterocycles. The molecule has 1 heterocycles. The zero-order chi connectivity index (χ0) is 18.0. The number of carbonyl (C=O) groups is 2. The van der Waals surface area contributed by atoms with Crippen molar-refractivity contribution in [2.75, 3.05) is 31.0 Å². The second-order valence-corrected chi connectivity index (χ2v) is 5.97. The summed E-state index contributed by atoms with van der Waals surface area (Å²) >= 11 is 0. The maximum Gasteiger partial charge on any atom is 0.264 e. The zero-order valence-corrected chi connectivity index (χ0v) is 14.5. The van der Waals surface area contributed by atoms with Crippen LogP contribution in [0.5, 0.6) is 11.5 Å². The van der Waals surface area contributed by atoms with Crippen LogP contribution in [0.3, 0.4) is 0 Å². The van der Waals surface area contributed by atoms with Gasteiger partial charge in [-0.05, 0) is 42.3 Å². The molecule has 0 spiro atoms. The summed E-state index contributed by atoms with van der Waals surface area (Å²) in [6.45, 7) is 1.99. The number of hydrogen-bond acceptors (Lipinski definition) is 4. The molecule has 0 aliphatic carbocycles. The molecule has 1 N–H and O–H groups in total. The first-order valence-corrected chi connectivity index (χ1v) is 7.94. The van der Waals surface area contributed by atoms with Crippen molar-refractivity contribution in [1.29, 1.82) is 0 Å². The fraction of sp³-hybridized carbons (Fsp3) is 0.263. The third-order valence-electron chi connectivity index (χ3n) is 4.10. The third kappa shape index (κ3) is 3.57. The predicted octanol–water partition coefficient (Wildman–Crippen LogP) is 2.54. The number of likely N-dealkylation sites (N-methyl/N-ethyl adjacent to an activating group) is 1. The highest BCUT2D eigenvalue weighted by Gasteiger charge is 2.22. The second-order valence-electron chi connectivity index (χ2n) is 5.97. The molecule has 0 aromatic heterocycles. The van der Waals surface area contributed by atoms with Gasteiger partial charge in [0.15, 0.2) is 6.61 Å². The molecule has 1 aliphatic heterocycles. The number of nitrogens with one attached hydrogen (secondary N) is 1. The van der Waals surface area contributed by atoms with E-state index in [4.69, 9.17) is 9.47 Å². The highest BCUT2D eigenvalue weighted by Crippen LogP contribution is 2.32. The van der Waals surface area contributed by atoms with Gasteiger partial charge in [-0.3, -0.25) is 9.59 Å². The van der Waals surface area contributed by atoms with Gasteiger partial charge in [-0.25, -0.2) is 0 Å². The number of nitrogens with zero attached hydrogens (tertiary/aromatic N) is 1. The minimum Gasteiger partial charge on any atom is -0.495 e. The topological polar surface area (TPSA) is 67.9 Å². The molecule has 0 unspecified atom stereocenters. The van der Waals surface area contributed by atoms with Gasteiger partial charge in [0.1, 0.15) is 11.5 Å². The van der Waals surface area contributed by atoms with E-state index in [1.165, 1.54) is 0 Å². The lowest BCUT2D eigenvalue weighted by Crippen LogP contribution is -2.35. The Morgan fingerprint density at radius 1 is 1.28 bits per heavy atom. The minimum atomic E-state index is -0.158. The molecule has 130 valence electrons. The summed E-state index contributed by atoms with van der Waals surface area (Å²) in [7, 11) is 3.27. The molecule has 1 aliphatic rings. The van der Waals surface area contributed by atoms with Crippen molar-refractivity contribution >= 4 is 23.2 Å². The first-order valence-electron chi connectivity index (χ1n) is 7.94. The summed E-state index contributed by atoms with van der Waals surface area (Å²) < 4.78 is 10.7. The average Bonchev–Trinajstić information content (AvgIpc) is 2.59. The molecular weight excluding hydrogens is 320 g/mol. The van der Waals surface area contributed by atoms with Crippen molar-refractivity contribution in [3.05, 3.63) is 47.5 Å². The monoisotopic (exact) mass is 340 g/mol. The van der Waals surface area contributed by atoms with E-state index in [1.54, 1.807) is 31.2 Å². The van der Waals surface area contributed by atoms with Crippen molar-refractivity contribution in [1.82, 2.24) is 0 Å². The van der Waals surface area contributed by atoms with E-state index in [9.17, 15) is 9.59 Å². The van der Waals surface area contributed by atoms with Gasteiger partial charge in [0.25, 0.3) is 5.91 Å². The lowest BCUT2D eigenvalue weighted by atomic mass is 10.1. The molecule has 2 aromatic rings. The molecular formula is C19H20N2O4. The Balaban J connectivity index is 1.76. The molecule has 6 heteroatoms. The molecule has 2 aromatic carbocycles. The van der Waals surface area contributed by atoms with Crippen molar-refractivity contribution in [2.45, 2.75) is 13.3 Å². The van der Waals surface area contributed by atoms with Crippen LogP contribution in [0.25, 0.3) is 0 Å². The van der Waals surface area contributed by atoms with Crippen LogP contribution in [0.2, 0.25) is 0 Å². The highest BCUT2D eigenvalue weighted by molar-refractivity contribution is 5.98. The Bertz CT molecular complexity index is 832. The van der Waals surface area contributed by atoms with E-state index in [1.807, 2.05) is 31.2 Å². The number of benzene rings is 2. The van der Waals surface area contributed by atoms with Crippen LogP contribution >= 0.6 is 0 Å². The van der Waals surface area contributed by atoms with Crippen LogP contribution in [0.15, 0.2) is 36.4 Å². The first-order chi connectivity index (χ1) is 12.0. The fourth-order valence-corrected chi connectivity index (χ4v) is 2.73. The Morgan fingerprint density at radius 3 is 2.84 bits per heavy atom. The average molecular weight is 340 g/mol. The van der Waals surface area contributed by atoms with E-state index in [2.05, 4.69) is 5.32 Å².